The van der Waals surface area contributed by atoms with Gasteiger partial charge in [0.1, 0.15) is 16.2 Å². The van der Waals surface area contributed by atoms with E-state index in [9.17, 15) is 9.18 Å². The molecular formula is C21H27FN4O2S. The van der Waals surface area contributed by atoms with Gasteiger partial charge in [-0.15, -0.1) is 0 Å². The van der Waals surface area contributed by atoms with Crippen molar-refractivity contribution in [1.29, 1.82) is 0 Å². The number of rotatable bonds is 6. The van der Waals surface area contributed by atoms with E-state index in [2.05, 4.69) is 9.80 Å². The lowest BCUT2D eigenvalue weighted by Crippen LogP contribution is -2.46. The fraction of sp³-hybridized carbons (Fsp3) is 0.429. The molecule has 1 saturated heterocycles. The minimum absolute atomic E-state index is 0.256. The SMILES string of the molecule is COc1ccc(F)cc1CN1CCN(Cn2c(C)cc(C)c(C(N)=O)c2=S)CC1. The van der Waals surface area contributed by atoms with E-state index < -0.39 is 5.91 Å². The highest BCUT2D eigenvalue weighted by Gasteiger charge is 2.20. The molecule has 0 saturated carbocycles. The summed E-state index contributed by atoms with van der Waals surface area (Å²) in [4.78, 5) is 16.4. The minimum Gasteiger partial charge on any atom is -0.496 e. The second-order valence-corrected chi connectivity index (χ2v) is 7.82. The first-order valence-electron chi connectivity index (χ1n) is 9.58. The molecule has 0 bridgehead atoms. The largest absolute Gasteiger partial charge is 0.496 e. The number of hydrogen-bond acceptors (Lipinski definition) is 5. The normalized spacial score (nSPS) is 15.4. The van der Waals surface area contributed by atoms with Gasteiger partial charge >= 0.3 is 0 Å². The lowest BCUT2D eigenvalue weighted by molar-refractivity contribution is 0.0980. The maximum Gasteiger partial charge on any atom is 0.251 e. The van der Waals surface area contributed by atoms with Gasteiger partial charge in [-0.25, -0.2) is 4.39 Å². The number of nitrogens with two attached hydrogens (primary N) is 1. The number of amides is 1. The van der Waals surface area contributed by atoms with E-state index in [1.807, 2.05) is 24.5 Å². The van der Waals surface area contributed by atoms with Crippen LogP contribution in [0.25, 0.3) is 0 Å². The zero-order valence-corrected chi connectivity index (χ0v) is 17.9. The number of nitrogens with zero attached hydrogens (tertiary/aromatic N) is 3. The van der Waals surface area contributed by atoms with Crippen molar-refractivity contribution in [2.45, 2.75) is 27.1 Å². The molecule has 2 N–H and O–H groups in total. The Morgan fingerprint density at radius 3 is 2.45 bits per heavy atom. The Morgan fingerprint density at radius 1 is 1.17 bits per heavy atom. The van der Waals surface area contributed by atoms with Crippen LogP contribution in [0.2, 0.25) is 0 Å². The molecule has 0 spiro atoms. The summed E-state index contributed by atoms with van der Waals surface area (Å²) in [5.41, 5.74) is 8.60. The molecule has 1 aromatic carbocycles. The lowest BCUT2D eigenvalue weighted by atomic mass is 10.1. The van der Waals surface area contributed by atoms with Crippen LogP contribution in [0.5, 0.6) is 5.75 Å². The van der Waals surface area contributed by atoms with Crippen molar-refractivity contribution in [3.05, 3.63) is 57.1 Å². The Hall–Kier alpha value is -2.29. The van der Waals surface area contributed by atoms with Gasteiger partial charge in [-0.3, -0.25) is 14.6 Å². The number of primary amides is 1. The van der Waals surface area contributed by atoms with E-state index in [0.717, 1.165) is 43.0 Å². The molecular weight excluding hydrogens is 391 g/mol. The fourth-order valence-electron chi connectivity index (χ4n) is 3.80. The quantitative estimate of drug-likeness (QED) is 0.731. The topological polar surface area (TPSA) is 63.7 Å². The number of aromatic nitrogens is 1. The molecule has 8 heteroatoms. The summed E-state index contributed by atoms with van der Waals surface area (Å²) in [5.74, 6) is -0.0431. The van der Waals surface area contributed by atoms with Crippen LogP contribution >= 0.6 is 12.2 Å². The predicted molar refractivity (Wildman–Crippen MR) is 113 cm³/mol. The maximum absolute atomic E-state index is 13.6. The number of halogens is 1. The van der Waals surface area contributed by atoms with Crippen molar-refractivity contribution in [3.63, 3.8) is 0 Å². The van der Waals surface area contributed by atoms with E-state index in [1.165, 1.54) is 12.1 Å². The first-order valence-corrected chi connectivity index (χ1v) is 9.99. The standard InChI is InChI=1S/C21H27FN4O2S/c1-14-10-15(2)26(21(29)19(14)20(23)27)13-25-8-6-24(7-9-25)12-16-11-17(22)4-5-18(16)28-3/h4-5,10-11H,6-9,12-13H2,1-3H3,(H2,23,27). The molecule has 0 radical (unpaired) electrons. The van der Waals surface area contributed by atoms with Crippen molar-refractivity contribution in [1.82, 2.24) is 14.4 Å². The third-order valence-corrected chi connectivity index (χ3v) is 5.82. The van der Waals surface area contributed by atoms with Crippen molar-refractivity contribution < 1.29 is 13.9 Å². The molecule has 1 aliphatic heterocycles. The van der Waals surface area contributed by atoms with Gasteiger partial charge < -0.3 is 15.0 Å². The number of ether oxygens (including phenoxy) is 1. The van der Waals surface area contributed by atoms with Crippen LogP contribution < -0.4 is 10.5 Å². The highest BCUT2D eigenvalue weighted by molar-refractivity contribution is 7.71. The summed E-state index contributed by atoms with van der Waals surface area (Å²) in [5, 5.41) is 0. The number of aryl methyl sites for hydroxylation is 2. The van der Waals surface area contributed by atoms with Crippen LogP contribution in [0.1, 0.15) is 27.2 Å². The first-order chi connectivity index (χ1) is 13.8. The predicted octanol–water partition coefficient (Wildman–Crippen LogP) is 2.86. The second kappa shape index (κ2) is 9.02. The summed E-state index contributed by atoms with van der Waals surface area (Å²) in [6.07, 6.45) is 0. The molecule has 156 valence electrons. The molecule has 0 atom stereocenters. The smallest absolute Gasteiger partial charge is 0.251 e. The van der Waals surface area contributed by atoms with Crippen LogP contribution in [0.15, 0.2) is 24.3 Å². The molecule has 2 aromatic rings. The van der Waals surface area contributed by atoms with Gasteiger partial charge in [0.05, 0.1) is 19.3 Å². The van der Waals surface area contributed by atoms with Gasteiger partial charge in [0.2, 0.25) is 0 Å². The molecule has 1 aliphatic rings. The van der Waals surface area contributed by atoms with Gasteiger partial charge in [-0.2, -0.15) is 0 Å². The molecule has 29 heavy (non-hydrogen) atoms. The molecule has 0 unspecified atom stereocenters. The summed E-state index contributed by atoms with van der Waals surface area (Å²) >= 11 is 5.54. The number of carbonyl (C=O) groups is 1. The molecule has 1 amide bonds. The molecule has 3 rings (SSSR count). The van der Waals surface area contributed by atoms with Gasteiger partial charge in [0.25, 0.3) is 5.91 Å². The number of pyridine rings is 1. The number of piperazine rings is 1. The van der Waals surface area contributed by atoms with Gasteiger partial charge in [-0.05, 0) is 43.7 Å². The summed E-state index contributed by atoms with van der Waals surface area (Å²) < 4.78 is 21.4. The highest BCUT2D eigenvalue weighted by Crippen LogP contribution is 2.22. The first kappa shape index (κ1) is 21.4. The molecule has 2 heterocycles. The third kappa shape index (κ3) is 4.83. The van der Waals surface area contributed by atoms with Crippen LogP contribution in [0.4, 0.5) is 4.39 Å². The summed E-state index contributed by atoms with van der Waals surface area (Å²) in [6, 6.07) is 6.56. The zero-order chi connectivity index (χ0) is 21.1. The van der Waals surface area contributed by atoms with Gasteiger partial charge in [0, 0.05) is 44.0 Å². The van der Waals surface area contributed by atoms with Gasteiger partial charge in [0.15, 0.2) is 0 Å². The van der Waals surface area contributed by atoms with E-state index in [4.69, 9.17) is 22.7 Å². The number of benzene rings is 1. The number of methoxy groups -OCH3 is 1. The van der Waals surface area contributed by atoms with Crippen molar-refractivity contribution >= 4 is 18.1 Å². The van der Waals surface area contributed by atoms with Gasteiger partial charge in [-0.1, -0.05) is 12.2 Å². The third-order valence-electron chi connectivity index (χ3n) is 5.39. The van der Waals surface area contributed by atoms with E-state index >= 15 is 0 Å². The molecule has 6 nitrogen and oxygen atoms in total. The Bertz CT molecular complexity index is 968. The number of carbonyl (C=O) groups excluding carboxylic acids is 1. The Kier molecular flexibility index (Phi) is 6.66. The van der Waals surface area contributed by atoms with Crippen molar-refractivity contribution in [2.24, 2.45) is 5.73 Å². The van der Waals surface area contributed by atoms with Crippen LogP contribution in [-0.2, 0) is 13.2 Å². The second-order valence-electron chi connectivity index (χ2n) is 7.43. The monoisotopic (exact) mass is 418 g/mol. The van der Waals surface area contributed by atoms with E-state index in [1.54, 1.807) is 13.2 Å². The fourth-order valence-corrected chi connectivity index (χ4v) is 4.27. The van der Waals surface area contributed by atoms with Crippen LogP contribution in [0, 0.1) is 24.3 Å². The van der Waals surface area contributed by atoms with Crippen molar-refractivity contribution in [3.8, 4) is 5.75 Å². The molecule has 0 aliphatic carbocycles. The van der Waals surface area contributed by atoms with E-state index in [0.29, 0.717) is 29.2 Å². The zero-order valence-electron chi connectivity index (χ0n) is 17.1. The Balaban J connectivity index is 1.67. The van der Waals surface area contributed by atoms with E-state index in [-0.39, 0.29) is 5.82 Å². The Morgan fingerprint density at radius 2 is 1.83 bits per heavy atom. The minimum atomic E-state index is -0.491. The Labute approximate surface area is 175 Å². The number of hydrogen-bond donors (Lipinski definition) is 1. The molecule has 1 fully saturated rings. The average Bonchev–Trinajstić information content (AvgIpc) is 2.66. The maximum atomic E-state index is 13.6. The van der Waals surface area contributed by atoms with Crippen LogP contribution in [-0.4, -0.2) is 53.6 Å². The highest BCUT2D eigenvalue weighted by atomic mass is 32.1. The summed E-state index contributed by atoms with van der Waals surface area (Å²) in [7, 11) is 1.60. The molecule has 1 aromatic heterocycles. The summed E-state index contributed by atoms with van der Waals surface area (Å²) in [6.45, 7) is 8.48. The van der Waals surface area contributed by atoms with Crippen molar-refractivity contribution in [2.75, 3.05) is 33.3 Å². The average molecular weight is 419 g/mol. The van der Waals surface area contributed by atoms with Crippen LogP contribution in [0.3, 0.4) is 0 Å². The lowest BCUT2D eigenvalue weighted by Gasteiger charge is -2.35.